The van der Waals surface area contributed by atoms with E-state index in [4.69, 9.17) is 4.98 Å². The van der Waals surface area contributed by atoms with E-state index in [0.29, 0.717) is 16.9 Å². The molecule has 0 aliphatic carbocycles. The molecule has 3 aromatic rings. The van der Waals surface area contributed by atoms with Crippen molar-refractivity contribution in [2.45, 2.75) is 44.0 Å². The van der Waals surface area contributed by atoms with Crippen LogP contribution >= 0.6 is 0 Å². The number of anilines is 1. The van der Waals surface area contributed by atoms with E-state index in [1.54, 1.807) is 6.07 Å². The topological polar surface area (TPSA) is 68.1 Å². The number of benzene rings is 1. The molecular weight excluding hydrogens is 409 g/mol. The van der Waals surface area contributed by atoms with Crippen LogP contribution in [0.3, 0.4) is 0 Å². The number of nitrogens with one attached hydrogen (secondary N) is 1. The Balaban J connectivity index is 1.43. The molecule has 2 fully saturated rings. The largest absolute Gasteiger partial charge is 0.573 e. The fourth-order valence-corrected chi connectivity index (χ4v) is 4.68. The number of ether oxygens (including phenoxy) is 1. The minimum atomic E-state index is -4.76. The van der Waals surface area contributed by atoms with Gasteiger partial charge in [0.2, 0.25) is 0 Å². The molecule has 2 saturated heterocycles. The summed E-state index contributed by atoms with van der Waals surface area (Å²) >= 11 is 0. The maximum atomic E-state index is 12.6. The average molecular weight is 432 g/mol. The lowest BCUT2D eigenvalue weighted by atomic mass is 9.89. The van der Waals surface area contributed by atoms with Crippen LogP contribution in [0.25, 0.3) is 16.9 Å². The number of alkyl halides is 3. The Kier molecular flexibility index (Phi) is 4.96. The summed E-state index contributed by atoms with van der Waals surface area (Å²) in [5.74, 6) is 0.514. The van der Waals surface area contributed by atoms with Gasteiger partial charge in [0, 0.05) is 24.7 Å². The third-order valence-corrected chi connectivity index (χ3v) is 6.18. The van der Waals surface area contributed by atoms with Crippen LogP contribution in [0.1, 0.15) is 32.1 Å². The third kappa shape index (κ3) is 4.16. The molecule has 2 aliphatic heterocycles. The lowest BCUT2D eigenvalue weighted by Gasteiger charge is -2.28. The van der Waals surface area contributed by atoms with Crippen molar-refractivity contribution in [3.63, 3.8) is 0 Å². The molecule has 0 radical (unpaired) electrons. The smallest absolute Gasteiger partial charge is 0.406 e. The lowest BCUT2D eigenvalue weighted by Crippen LogP contribution is -2.40. The SMILES string of the molecule is FC(F)(F)Oc1cccc(-n2nnc3ccc(N4CCCC5(CCCN5)CC4)nc32)c1. The number of halogens is 3. The number of aromatic nitrogens is 4. The van der Waals surface area contributed by atoms with Gasteiger partial charge < -0.3 is 15.0 Å². The van der Waals surface area contributed by atoms with Gasteiger partial charge in [0.25, 0.3) is 0 Å². The van der Waals surface area contributed by atoms with Crippen molar-refractivity contribution >= 4 is 17.0 Å². The van der Waals surface area contributed by atoms with E-state index >= 15 is 0 Å². The van der Waals surface area contributed by atoms with E-state index < -0.39 is 6.36 Å². The van der Waals surface area contributed by atoms with E-state index in [2.05, 4.69) is 25.3 Å². The second-order valence-corrected chi connectivity index (χ2v) is 8.21. The number of pyridine rings is 1. The zero-order valence-corrected chi connectivity index (χ0v) is 16.9. The fourth-order valence-electron chi connectivity index (χ4n) is 4.68. The Morgan fingerprint density at radius 2 is 1.90 bits per heavy atom. The molecule has 164 valence electrons. The van der Waals surface area contributed by atoms with Crippen LogP contribution in [0.4, 0.5) is 19.0 Å². The summed E-state index contributed by atoms with van der Waals surface area (Å²) < 4.78 is 43.3. The zero-order valence-electron chi connectivity index (χ0n) is 16.9. The van der Waals surface area contributed by atoms with Gasteiger partial charge in [-0.15, -0.1) is 18.3 Å². The van der Waals surface area contributed by atoms with Gasteiger partial charge in [0.15, 0.2) is 5.65 Å². The maximum Gasteiger partial charge on any atom is 0.573 e. The van der Waals surface area contributed by atoms with Crippen LogP contribution in [0.15, 0.2) is 36.4 Å². The van der Waals surface area contributed by atoms with Gasteiger partial charge in [-0.05, 0) is 62.9 Å². The number of fused-ring (bicyclic) bond motifs is 1. The quantitative estimate of drug-likeness (QED) is 0.679. The number of hydrogen-bond donors (Lipinski definition) is 1. The van der Waals surface area contributed by atoms with Crippen LogP contribution < -0.4 is 15.0 Å². The summed E-state index contributed by atoms with van der Waals surface area (Å²) in [5.41, 5.74) is 1.73. The predicted molar refractivity (Wildman–Crippen MR) is 109 cm³/mol. The van der Waals surface area contributed by atoms with Crippen molar-refractivity contribution in [2.75, 3.05) is 24.5 Å². The lowest BCUT2D eigenvalue weighted by molar-refractivity contribution is -0.274. The number of hydrogen-bond acceptors (Lipinski definition) is 6. The monoisotopic (exact) mass is 432 g/mol. The molecule has 5 rings (SSSR count). The molecule has 10 heteroatoms. The normalized spacial score (nSPS) is 22.2. The first-order chi connectivity index (χ1) is 14.9. The van der Waals surface area contributed by atoms with Crippen molar-refractivity contribution in [1.82, 2.24) is 25.3 Å². The van der Waals surface area contributed by atoms with Crippen LogP contribution in [0.2, 0.25) is 0 Å². The van der Waals surface area contributed by atoms with E-state index in [1.165, 1.54) is 35.7 Å². The summed E-state index contributed by atoms with van der Waals surface area (Å²) in [6.45, 7) is 2.91. The van der Waals surface area contributed by atoms with Gasteiger partial charge in [-0.25, -0.2) is 4.98 Å². The Morgan fingerprint density at radius 1 is 1.03 bits per heavy atom. The van der Waals surface area contributed by atoms with Gasteiger partial charge in [-0.2, -0.15) is 4.68 Å². The molecule has 1 atom stereocenters. The molecule has 0 amide bonds. The van der Waals surface area contributed by atoms with Gasteiger partial charge in [-0.3, -0.25) is 0 Å². The zero-order chi connectivity index (χ0) is 21.5. The highest BCUT2D eigenvalue weighted by Crippen LogP contribution is 2.32. The van der Waals surface area contributed by atoms with Crippen molar-refractivity contribution < 1.29 is 17.9 Å². The van der Waals surface area contributed by atoms with Crippen LogP contribution in [-0.2, 0) is 0 Å². The van der Waals surface area contributed by atoms with Gasteiger partial charge in [0.05, 0.1) is 5.69 Å². The summed E-state index contributed by atoms with van der Waals surface area (Å²) in [5, 5.41) is 11.9. The first-order valence-electron chi connectivity index (χ1n) is 10.5. The van der Waals surface area contributed by atoms with Crippen molar-refractivity contribution in [3.8, 4) is 11.4 Å². The van der Waals surface area contributed by atoms with Crippen LogP contribution in [0.5, 0.6) is 5.75 Å². The molecule has 1 N–H and O–H groups in total. The van der Waals surface area contributed by atoms with Crippen molar-refractivity contribution in [3.05, 3.63) is 36.4 Å². The Morgan fingerprint density at radius 3 is 2.71 bits per heavy atom. The summed E-state index contributed by atoms with van der Waals surface area (Å²) in [7, 11) is 0. The summed E-state index contributed by atoms with van der Waals surface area (Å²) in [6, 6.07) is 9.44. The predicted octanol–water partition coefficient (Wildman–Crippen LogP) is 3.83. The first kappa shape index (κ1) is 20.0. The molecule has 2 aliphatic rings. The van der Waals surface area contributed by atoms with Gasteiger partial charge in [0.1, 0.15) is 17.1 Å². The molecule has 31 heavy (non-hydrogen) atoms. The van der Waals surface area contributed by atoms with E-state index in [1.807, 2.05) is 12.1 Å². The minimum Gasteiger partial charge on any atom is -0.406 e. The molecule has 0 saturated carbocycles. The Bertz CT molecular complexity index is 1080. The fraction of sp³-hybridized carbons (Fsp3) is 0.476. The average Bonchev–Trinajstić information content (AvgIpc) is 3.30. The highest BCUT2D eigenvalue weighted by Gasteiger charge is 2.35. The van der Waals surface area contributed by atoms with E-state index in [9.17, 15) is 13.2 Å². The van der Waals surface area contributed by atoms with Crippen molar-refractivity contribution in [1.29, 1.82) is 0 Å². The molecular formula is C21H23F3N6O. The molecule has 7 nitrogen and oxygen atoms in total. The second-order valence-electron chi connectivity index (χ2n) is 8.21. The van der Waals surface area contributed by atoms with Gasteiger partial charge in [-0.1, -0.05) is 11.3 Å². The minimum absolute atomic E-state index is 0.251. The summed E-state index contributed by atoms with van der Waals surface area (Å²) in [6.07, 6.45) is 1.01. The molecule has 1 unspecified atom stereocenters. The van der Waals surface area contributed by atoms with Crippen LogP contribution in [0, 0.1) is 0 Å². The van der Waals surface area contributed by atoms with E-state index in [-0.39, 0.29) is 11.3 Å². The summed E-state index contributed by atoms with van der Waals surface area (Å²) in [4.78, 5) is 7.05. The first-order valence-corrected chi connectivity index (χ1v) is 10.5. The van der Waals surface area contributed by atoms with Crippen molar-refractivity contribution in [2.24, 2.45) is 0 Å². The standard InChI is InChI=1S/C21H23F3N6O/c22-21(23,24)31-16-5-1-4-15(14-16)30-19-17(27-28-30)6-7-18(26-19)29-12-3-9-20(10-13-29)8-2-11-25-20/h1,4-7,14,25H,2-3,8-13H2. The molecule has 0 bridgehead atoms. The molecule has 1 aromatic carbocycles. The maximum absolute atomic E-state index is 12.6. The highest BCUT2D eigenvalue weighted by molar-refractivity contribution is 5.74. The second kappa shape index (κ2) is 7.67. The number of nitrogens with zero attached hydrogens (tertiary/aromatic N) is 5. The Labute approximate surface area is 177 Å². The van der Waals surface area contributed by atoms with E-state index in [0.717, 1.165) is 44.7 Å². The molecule has 2 aromatic heterocycles. The third-order valence-electron chi connectivity index (χ3n) is 6.18. The molecule has 1 spiro atoms. The Hall–Kier alpha value is -2.88. The highest BCUT2D eigenvalue weighted by atomic mass is 19.4. The number of rotatable bonds is 3. The molecule has 4 heterocycles. The van der Waals surface area contributed by atoms with Crippen LogP contribution in [-0.4, -0.2) is 51.5 Å². The van der Waals surface area contributed by atoms with Gasteiger partial charge >= 0.3 is 6.36 Å².